The summed E-state index contributed by atoms with van der Waals surface area (Å²) in [6.45, 7) is 0.517. The van der Waals surface area contributed by atoms with Crippen molar-refractivity contribution in [2.24, 2.45) is 0 Å². The number of rotatable bonds is 7. The lowest BCUT2D eigenvalue weighted by Crippen LogP contribution is -3.09. The molecule has 0 aromatic heterocycles. The minimum atomic E-state index is -0.448. The van der Waals surface area contributed by atoms with E-state index in [0.29, 0.717) is 18.0 Å². The molecule has 3 aromatic carbocycles. The number of hydrogen-bond acceptors (Lipinski definition) is 2. The summed E-state index contributed by atoms with van der Waals surface area (Å²) in [6.07, 6.45) is 0. The van der Waals surface area contributed by atoms with Crippen LogP contribution in [0.5, 0.6) is 5.75 Å². The van der Waals surface area contributed by atoms with E-state index in [1.807, 2.05) is 61.6 Å². The Hall–Kier alpha value is -3.18. The first-order valence-electron chi connectivity index (χ1n) is 9.13. The molecule has 0 saturated carbocycles. The van der Waals surface area contributed by atoms with Gasteiger partial charge in [0.05, 0.1) is 14.2 Å². The number of benzene rings is 3. The molecule has 2 atom stereocenters. The Morgan fingerprint density at radius 2 is 1.79 bits per heavy atom. The molecule has 0 aliphatic carbocycles. The van der Waals surface area contributed by atoms with Crippen molar-refractivity contribution in [3.05, 3.63) is 95.8 Å². The number of methoxy groups -OCH3 is 1. The molecule has 28 heavy (non-hydrogen) atoms. The van der Waals surface area contributed by atoms with E-state index in [1.54, 1.807) is 19.2 Å². The van der Waals surface area contributed by atoms with E-state index in [9.17, 15) is 9.18 Å². The van der Waals surface area contributed by atoms with Crippen molar-refractivity contribution >= 4 is 11.6 Å². The van der Waals surface area contributed by atoms with Gasteiger partial charge in [-0.2, -0.15) is 0 Å². The second-order valence-electron chi connectivity index (χ2n) is 6.72. The summed E-state index contributed by atoms with van der Waals surface area (Å²) >= 11 is 0. The maximum atomic E-state index is 13.6. The lowest BCUT2D eigenvalue weighted by Gasteiger charge is -2.25. The summed E-state index contributed by atoms with van der Waals surface area (Å²) in [5.74, 6) is 0.269. The molecule has 0 radical (unpaired) electrons. The number of halogens is 1. The van der Waals surface area contributed by atoms with Crippen LogP contribution in [0.2, 0.25) is 0 Å². The number of likely N-dealkylation sites (N-methyl/N-ethyl adjacent to an activating group) is 1. The van der Waals surface area contributed by atoms with E-state index in [0.717, 1.165) is 16.0 Å². The first-order chi connectivity index (χ1) is 13.6. The molecule has 0 aliphatic rings. The predicted molar refractivity (Wildman–Crippen MR) is 108 cm³/mol. The van der Waals surface area contributed by atoms with Gasteiger partial charge in [-0.05, 0) is 24.3 Å². The highest BCUT2D eigenvalue weighted by atomic mass is 19.1. The van der Waals surface area contributed by atoms with Gasteiger partial charge in [0.2, 0.25) is 0 Å². The number of nitrogens with one attached hydrogen (secondary N) is 2. The summed E-state index contributed by atoms with van der Waals surface area (Å²) in [5.41, 5.74) is 2.41. The Bertz CT molecular complexity index is 931. The quantitative estimate of drug-likeness (QED) is 0.662. The van der Waals surface area contributed by atoms with Crippen molar-refractivity contribution in [1.82, 2.24) is 0 Å². The van der Waals surface area contributed by atoms with E-state index in [2.05, 4.69) is 5.32 Å². The summed E-state index contributed by atoms with van der Waals surface area (Å²) in [7, 11) is 3.53. The molecule has 0 aliphatic heterocycles. The third-order valence-corrected chi connectivity index (χ3v) is 4.60. The first-order valence-corrected chi connectivity index (χ1v) is 9.13. The zero-order valence-electron chi connectivity index (χ0n) is 16.0. The van der Waals surface area contributed by atoms with Gasteiger partial charge >= 0.3 is 0 Å². The Labute approximate surface area is 164 Å². The molecular formula is C23H24FN2O2+. The SMILES string of the molecule is COc1cccc(NC(=O)[C@H](c2ccccc2)[NH+](C)Cc2cccc(F)c2)c1. The van der Waals surface area contributed by atoms with Gasteiger partial charge < -0.3 is 15.0 Å². The third-order valence-electron chi connectivity index (χ3n) is 4.60. The third kappa shape index (κ3) is 4.96. The molecule has 144 valence electrons. The fraction of sp³-hybridized carbons (Fsp3) is 0.174. The van der Waals surface area contributed by atoms with E-state index < -0.39 is 6.04 Å². The average molecular weight is 379 g/mol. The van der Waals surface area contributed by atoms with Gasteiger partial charge in [-0.15, -0.1) is 0 Å². The Balaban J connectivity index is 1.85. The fourth-order valence-corrected chi connectivity index (χ4v) is 3.29. The van der Waals surface area contributed by atoms with E-state index in [-0.39, 0.29) is 11.7 Å². The van der Waals surface area contributed by atoms with Gasteiger partial charge in [-0.1, -0.05) is 48.5 Å². The number of hydrogen-bond donors (Lipinski definition) is 2. The van der Waals surface area contributed by atoms with Crippen LogP contribution in [0, 0.1) is 5.82 Å². The Morgan fingerprint density at radius 3 is 2.50 bits per heavy atom. The zero-order valence-corrected chi connectivity index (χ0v) is 16.0. The molecule has 0 spiro atoms. The number of anilines is 1. The van der Waals surface area contributed by atoms with Crippen LogP contribution in [-0.2, 0) is 11.3 Å². The number of carbonyl (C=O) groups excluding carboxylic acids is 1. The molecule has 0 fully saturated rings. The molecule has 2 N–H and O–H groups in total. The van der Waals surface area contributed by atoms with Crippen LogP contribution in [0.25, 0.3) is 0 Å². The standard InChI is InChI=1S/C23H23FN2O2/c1-26(16-17-8-6-11-19(24)14-17)22(18-9-4-3-5-10-18)23(27)25-20-12-7-13-21(15-20)28-2/h3-15,22H,16H2,1-2H3,(H,25,27)/p+1/t22-/m0/s1. The highest BCUT2D eigenvalue weighted by Crippen LogP contribution is 2.19. The van der Waals surface area contributed by atoms with Crippen molar-refractivity contribution in [3.63, 3.8) is 0 Å². The second kappa shape index (κ2) is 9.15. The van der Waals surface area contributed by atoms with Gasteiger partial charge in [-0.25, -0.2) is 4.39 Å². The molecule has 3 rings (SSSR count). The van der Waals surface area contributed by atoms with Gasteiger partial charge in [0.25, 0.3) is 5.91 Å². The van der Waals surface area contributed by atoms with Crippen LogP contribution in [0.1, 0.15) is 17.2 Å². The fourth-order valence-electron chi connectivity index (χ4n) is 3.29. The summed E-state index contributed by atoms with van der Waals surface area (Å²) in [4.78, 5) is 14.1. The molecule has 5 heteroatoms. The van der Waals surface area contributed by atoms with Crippen LogP contribution in [0.15, 0.2) is 78.9 Å². The van der Waals surface area contributed by atoms with Crippen LogP contribution in [0.3, 0.4) is 0 Å². The number of carbonyl (C=O) groups is 1. The molecule has 4 nitrogen and oxygen atoms in total. The van der Waals surface area contributed by atoms with E-state index >= 15 is 0 Å². The minimum absolute atomic E-state index is 0.131. The van der Waals surface area contributed by atoms with Crippen molar-refractivity contribution in [3.8, 4) is 5.75 Å². The highest BCUT2D eigenvalue weighted by molar-refractivity contribution is 5.94. The van der Waals surface area contributed by atoms with Crippen LogP contribution < -0.4 is 15.0 Å². The molecule has 3 aromatic rings. The predicted octanol–water partition coefficient (Wildman–Crippen LogP) is 3.23. The average Bonchev–Trinajstić information content (AvgIpc) is 2.69. The van der Waals surface area contributed by atoms with E-state index in [4.69, 9.17) is 4.74 Å². The normalized spacial score (nSPS) is 12.8. The van der Waals surface area contributed by atoms with Gasteiger partial charge in [0.1, 0.15) is 18.1 Å². The van der Waals surface area contributed by atoms with E-state index in [1.165, 1.54) is 12.1 Å². The molecule has 1 unspecified atom stereocenters. The summed E-state index contributed by atoms with van der Waals surface area (Å²) in [6, 6.07) is 22.9. The number of ether oxygens (including phenoxy) is 1. The van der Waals surface area contributed by atoms with Crippen LogP contribution >= 0.6 is 0 Å². The maximum Gasteiger partial charge on any atom is 0.287 e. The summed E-state index contributed by atoms with van der Waals surface area (Å²) in [5, 5.41) is 2.98. The number of amides is 1. The largest absolute Gasteiger partial charge is 0.497 e. The Morgan fingerprint density at radius 1 is 1.04 bits per heavy atom. The first kappa shape index (κ1) is 19.6. The lowest BCUT2D eigenvalue weighted by molar-refractivity contribution is -0.915. The Kier molecular flexibility index (Phi) is 6.40. The lowest BCUT2D eigenvalue weighted by atomic mass is 10.0. The van der Waals surface area contributed by atoms with Crippen LogP contribution in [0.4, 0.5) is 10.1 Å². The van der Waals surface area contributed by atoms with Crippen molar-refractivity contribution in [1.29, 1.82) is 0 Å². The topological polar surface area (TPSA) is 42.8 Å². The molecule has 1 amide bonds. The molecule has 0 saturated heterocycles. The summed E-state index contributed by atoms with van der Waals surface area (Å²) < 4.78 is 18.8. The molecular weight excluding hydrogens is 355 g/mol. The smallest absolute Gasteiger partial charge is 0.287 e. The number of quaternary nitrogens is 1. The molecule has 0 heterocycles. The monoisotopic (exact) mass is 379 g/mol. The zero-order chi connectivity index (χ0) is 19.9. The van der Waals surface area contributed by atoms with Gasteiger partial charge in [-0.3, -0.25) is 4.79 Å². The van der Waals surface area contributed by atoms with Crippen molar-refractivity contribution in [2.75, 3.05) is 19.5 Å². The second-order valence-corrected chi connectivity index (χ2v) is 6.72. The van der Waals surface area contributed by atoms with Crippen molar-refractivity contribution in [2.45, 2.75) is 12.6 Å². The highest BCUT2D eigenvalue weighted by Gasteiger charge is 2.29. The van der Waals surface area contributed by atoms with Gasteiger partial charge in [0, 0.05) is 22.9 Å². The van der Waals surface area contributed by atoms with Crippen LogP contribution in [-0.4, -0.2) is 20.1 Å². The van der Waals surface area contributed by atoms with Crippen molar-refractivity contribution < 1.29 is 18.8 Å². The minimum Gasteiger partial charge on any atom is -0.497 e. The maximum absolute atomic E-state index is 13.6. The molecule has 0 bridgehead atoms. The van der Waals surface area contributed by atoms with Gasteiger partial charge in [0.15, 0.2) is 6.04 Å².